The molecule has 1 fully saturated rings. The molecule has 0 saturated carbocycles. The van der Waals surface area contributed by atoms with E-state index in [2.05, 4.69) is 9.62 Å². The standard InChI is InChI=1S/C14H23N3O2S/c1-11-5-6-13(15)14(12(11)2)20(18,19)16-7-10-17-8-3-4-9-17/h5-6,16H,3-4,7-10,15H2,1-2H3. The molecule has 0 radical (unpaired) electrons. The van der Waals surface area contributed by atoms with Gasteiger partial charge in [0.25, 0.3) is 0 Å². The molecule has 0 amide bonds. The van der Waals surface area contributed by atoms with Gasteiger partial charge in [0.05, 0.1) is 5.69 Å². The van der Waals surface area contributed by atoms with E-state index in [0.717, 1.165) is 30.8 Å². The second-order valence-corrected chi connectivity index (χ2v) is 7.08. The monoisotopic (exact) mass is 297 g/mol. The molecule has 0 atom stereocenters. The van der Waals surface area contributed by atoms with Gasteiger partial charge in [0, 0.05) is 13.1 Å². The first kappa shape index (κ1) is 15.3. The van der Waals surface area contributed by atoms with Gasteiger partial charge in [-0.15, -0.1) is 0 Å². The van der Waals surface area contributed by atoms with Gasteiger partial charge < -0.3 is 10.6 Å². The van der Waals surface area contributed by atoms with Crippen LogP contribution in [0.1, 0.15) is 24.0 Å². The molecule has 0 aromatic heterocycles. The number of nitrogens with one attached hydrogen (secondary N) is 1. The van der Waals surface area contributed by atoms with Crippen molar-refractivity contribution in [1.82, 2.24) is 9.62 Å². The average Bonchev–Trinajstić information content (AvgIpc) is 2.87. The number of hydrogen-bond acceptors (Lipinski definition) is 4. The van der Waals surface area contributed by atoms with Crippen molar-refractivity contribution in [3.05, 3.63) is 23.3 Å². The molecule has 1 aliphatic heterocycles. The van der Waals surface area contributed by atoms with Gasteiger partial charge in [0.15, 0.2) is 0 Å². The molecule has 20 heavy (non-hydrogen) atoms. The number of nitrogens with zero attached hydrogens (tertiary/aromatic N) is 1. The Bertz CT molecular complexity index is 578. The van der Waals surface area contributed by atoms with E-state index in [4.69, 9.17) is 5.73 Å². The van der Waals surface area contributed by atoms with Crippen LogP contribution in [0.15, 0.2) is 17.0 Å². The van der Waals surface area contributed by atoms with Crippen LogP contribution in [0, 0.1) is 13.8 Å². The number of hydrogen-bond donors (Lipinski definition) is 2. The topological polar surface area (TPSA) is 75.4 Å². The van der Waals surface area contributed by atoms with Crippen molar-refractivity contribution in [3.63, 3.8) is 0 Å². The van der Waals surface area contributed by atoms with Crippen molar-refractivity contribution < 1.29 is 8.42 Å². The first-order chi connectivity index (χ1) is 9.42. The van der Waals surface area contributed by atoms with Crippen LogP contribution in [-0.2, 0) is 10.0 Å². The number of nitrogens with two attached hydrogens (primary N) is 1. The highest BCUT2D eigenvalue weighted by atomic mass is 32.2. The number of sulfonamides is 1. The van der Waals surface area contributed by atoms with Crippen molar-refractivity contribution >= 4 is 15.7 Å². The van der Waals surface area contributed by atoms with Crippen molar-refractivity contribution in [3.8, 4) is 0 Å². The summed E-state index contributed by atoms with van der Waals surface area (Å²) in [7, 11) is -3.54. The molecule has 0 spiro atoms. The Labute approximate surface area is 121 Å². The Balaban J connectivity index is 2.08. The van der Waals surface area contributed by atoms with Crippen molar-refractivity contribution in [2.24, 2.45) is 0 Å². The van der Waals surface area contributed by atoms with Crippen LogP contribution in [0.2, 0.25) is 0 Å². The molecule has 1 aromatic rings. The van der Waals surface area contributed by atoms with E-state index >= 15 is 0 Å². The van der Waals surface area contributed by atoms with Crippen LogP contribution in [0.3, 0.4) is 0 Å². The molecule has 0 unspecified atom stereocenters. The Morgan fingerprint density at radius 1 is 1.25 bits per heavy atom. The van der Waals surface area contributed by atoms with Gasteiger partial charge in [-0.2, -0.15) is 0 Å². The van der Waals surface area contributed by atoms with Crippen LogP contribution in [0.4, 0.5) is 5.69 Å². The van der Waals surface area contributed by atoms with E-state index in [0.29, 0.717) is 12.2 Å². The minimum Gasteiger partial charge on any atom is -0.398 e. The molecular formula is C14H23N3O2S. The molecule has 1 aliphatic rings. The molecule has 3 N–H and O–H groups in total. The third-order valence-electron chi connectivity index (χ3n) is 3.89. The van der Waals surface area contributed by atoms with E-state index < -0.39 is 10.0 Å². The summed E-state index contributed by atoms with van der Waals surface area (Å²) >= 11 is 0. The van der Waals surface area contributed by atoms with E-state index in [1.54, 1.807) is 13.0 Å². The van der Waals surface area contributed by atoms with Crippen LogP contribution >= 0.6 is 0 Å². The van der Waals surface area contributed by atoms with E-state index in [9.17, 15) is 8.42 Å². The number of anilines is 1. The van der Waals surface area contributed by atoms with Gasteiger partial charge in [-0.25, -0.2) is 13.1 Å². The SMILES string of the molecule is Cc1ccc(N)c(S(=O)(=O)NCCN2CCCC2)c1C. The Morgan fingerprint density at radius 2 is 1.90 bits per heavy atom. The molecule has 0 bridgehead atoms. The maximum Gasteiger partial charge on any atom is 0.242 e. The first-order valence-corrected chi connectivity index (χ1v) is 8.48. The van der Waals surface area contributed by atoms with Gasteiger partial charge in [-0.05, 0) is 57.0 Å². The highest BCUT2D eigenvalue weighted by Crippen LogP contribution is 2.24. The number of rotatable bonds is 5. The highest BCUT2D eigenvalue weighted by Gasteiger charge is 2.21. The zero-order chi connectivity index (χ0) is 14.8. The molecule has 6 heteroatoms. The summed E-state index contributed by atoms with van der Waals surface area (Å²) in [5.74, 6) is 0. The smallest absolute Gasteiger partial charge is 0.242 e. The summed E-state index contributed by atoms with van der Waals surface area (Å²) < 4.78 is 27.4. The average molecular weight is 297 g/mol. The number of aryl methyl sites for hydroxylation is 1. The van der Waals surface area contributed by atoms with Gasteiger partial charge in [0.2, 0.25) is 10.0 Å². The zero-order valence-electron chi connectivity index (χ0n) is 12.1. The molecule has 1 saturated heterocycles. The molecule has 0 aliphatic carbocycles. The molecule has 112 valence electrons. The lowest BCUT2D eigenvalue weighted by Gasteiger charge is -2.17. The second kappa shape index (κ2) is 6.11. The predicted octanol–water partition coefficient (Wildman–Crippen LogP) is 1.26. The fourth-order valence-electron chi connectivity index (χ4n) is 2.58. The summed E-state index contributed by atoms with van der Waals surface area (Å²) in [6, 6.07) is 3.49. The van der Waals surface area contributed by atoms with E-state index in [-0.39, 0.29) is 4.90 Å². The van der Waals surface area contributed by atoms with E-state index in [1.807, 2.05) is 13.0 Å². The Kier molecular flexibility index (Phi) is 4.67. The fraction of sp³-hybridized carbons (Fsp3) is 0.571. The lowest BCUT2D eigenvalue weighted by atomic mass is 10.1. The van der Waals surface area contributed by atoms with Gasteiger partial charge in [-0.1, -0.05) is 6.07 Å². The minimum atomic E-state index is -3.54. The quantitative estimate of drug-likeness (QED) is 0.802. The molecule has 1 aromatic carbocycles. The summed E-state index contributed by atoms with van der Waals surface area (Å²) in [6.07, 6.45) is 2.41. The normalized spacial score (nSPS) is 16.7. The molecular weight excluding hydrogens is 274 g/mol. The lowest BCUT2D eigenvalue weighted by molar-refractivity contribution is 0.344. The van der Waals surface area contributed by atoms with Crippen LogP contribution < -0.4 is 10.5 Å². The number of benzene rings is 1. The summed E-state index contributed by atoms with van der Waals surface area (Å²) in [6.45, 7) is 6.98. The predicted molar refractivity (Wildman–Crippen MR) is 81.2 cm³/mol. The third kappa shape index (κ3) is 3.31. The van der Waals surface area contributed by atoms with Crippen LogP contribution in [-0.4, -0.2) is 39.5 Å². The summed E-state index contributed by atoms with van der Waals surface area (Å²) in [5.41, 5.74) is 7.80. The fourth-order valence-corrected chi connectivity index (χ4v) is 4.03. The first-order valence-electron chi connectivity index (χ1n) is 6.99. The third-order valence-corrected chi connectivity index (χ3v) is 5.56. The largest absolute Gasteiger partial charge is 0.398 e. The van der Waals surface area contributed by atoms with Crippen molar-refractivity contribution in [2.45, 2.75) is 31.6 Å². The maximum absolute atomic E-state index is 12.4. The van der Waals surface area contributed by atoms with Crippen molar-refractivity contribution in [1.29, 1.82) is 0 Å². The summed E-state index contributed by atoms with van der Waals surface area (Å²) in [5, 5.41) is 0. The van der Waals surface area contributed by atoms with Crippen LogP contribution in [0.5, 0.6) is 0 Å². The van der Waals surface area contributed by atoms with Crippen LogP contribution in [0.25, 0.3) is 0 Å². The summed E-state index contributed by atoms with van der Waals surface area (Å²) in [4.78, 5) is 2.49. The van der Waals surface area contributed by atoms with Crippen molar-refractivity contribution in [2.75, 3.05) is 31.9 Å². The molecule has 1 heterocycles. The number of nitrogen functional groups attached to an aromatic ring is 1. The minimum absolute atomic E-state index is 0.221. The Hall–Kier alpha value is -1.11. The van der Waals surface area contributed by atoms with Gasteiger partial charge in [-0.3, -0.25) is 0 Å². The van der Waals surface area contributed by atoms with Gasteiger partial charge >= 0.3 is 0 Å². The lowest BCUT2D eigenvalue weighted by Crippen LogP contribution is -2.34. The molecule has 2 rings (SSSR count). The number of likely N-dealkylation sites (tertiary alicyclic amines) is 1. The van der Waals surface area contributed by atoms with Gasteiger partial charge in [0.1, 0.15) is 4.90 Å². The Morgan fingerprint density at radius 3 is 2.55 bits per heavy atom. The van der Waals surface area contributed by atoms with E-state index in [1.165, 1.54) is 12.8 Å². The molecule has 5 nitrogen and oxygen atoms in total. The zero-order valence-corrected chi connectivity index (χ0v) is 13.0. The second-order valence-electron chi connectivity index (χ2n) is 5.37. The highest BCUT2D eigenvalue weighted by molar-refractivity contribution is 7.89. The maximum atomic E-state index is 12.4.